The number of carbonyl (C=O) groups is 2. The van der Waals surface area contributed by atoms with Crippen molar-refractivity contribution < 1.29 is 24.2 Å². The molecule has 3 rings (SSSR count). The van der Waals surface area contributed by atoms with Crippen LogP contribution >= 0.6 is 0 Å². The number of aromatic nitrogens is 1. The monoisotopic (exact) mass is 390 g/mol. The zero-order valence-corrected chi connectivity index (χ0v) is 16.2. The molecular formula is C19H26N4O5. The summed E-state index contributed by atoms with van der Waals surface area (Å²) in [6.45, 7) is 4.11. The average Bonchev–Trinajstić information content (AvgIpc) is 3.07. The van der Waals surface area contributed by atoms with Crippen LogP contribution in [-0.2, 0) is 9.53 Å². The molecular weight excluding hydrogens is 364 g/mol. The number of β-amino-alcohol motifs (C(OH)–C–C–N with tert-alkyl or cyclic N) is 1. The minimum absolute atomic E-state index is 0.138. The van der Waals surface area contributed by atoms with Gasteiger partial charge >= 0.3 is 5.97 Å². The number of nitrogens with zero attached hydrogens (tertiary/aromatic N) is 2. The fraction of sp³-hybridized carbons (Fsp3) is 0.474. The summed E-state index contributed by atoms with van der Waals surface area (Å²) in [4.78, 5) is 32.1. The third-order valence-corrected chi connectivity index (χ3v) is 4.91. The normalized spacial score (nSPS) is 15.5. The van der Waals surface area contributed by atoms with Crippen LogP contribution in [0.1, 0.15) is 10.5 Å². The number of benzene rings is 1. The van der Waals surface area contributed by atoms with Gasteiger partial charge in [-0.3, -0.25) is 14.6 Å². The van der Waals surface area contributed by atoms with Crippen molar-refractivity contribution in [3.8, 4) is 5.75 Å². The highest BCUT2D eigenvalue weighted by molar-refractivity contribution is 6.13. The van der Waals surface area contributed by atoms with Crippen LogP contribution in [0.3, 0.4) is 0 Å². The Morgan fingerprint density at radius 3 is 2.54 bits per heavy atom. The van der Waals surface area contributed by atoms with E-state index in [1.54, 1.807) is 18.2 Å². The molecule has 1 aromatic carbocycles. The van der Waals surface area contributed by atoms with Gasteiger partial charge in [0.15, 0.2) is 0 Å². The second-order valence-corrected chi connectivity index (χ2v) is 6.64. The number of carbonyl (C=O) groups excluding carboxylic acids is 2. The summed E-state index contributed by atoms with van der Waals surface area (Å²) in [6, 6.07) is 5.38. The van der Waals surface area contributed by atoms with Gasteiger partial charge in [0.1, 0.15) is 11.4 Å². The molecule has 1 amide bonds. The van der Waals surface area contributed by atoms with Crippen molar-refractivity contribution in [2.24, 2.45) is 0 Å². The van der Waals surface area contributed by atoms with E-state index >= 15 is 0 Å². The predicted molar refractivity (Wildman–Crippen MR) is 105 cm³/mol. The Labute approximate surface area is 163 Å². The highest BCUT2D eigenvalue weighted by Gasteiger charge is 2.24. The molecule has 0 aliphatic carbocycles. The van der Waals surface area contributed by atoms with Crippen LogP contribution in [0, 0.1) is 0 Å². The van der Waals surface area contributed by atoms with Crippen molar-refractivity contribution >= 4 is 28.5 Å². The van der Waals surface area contributed by atoms with Gasteiger partial charge in [-0.15, -0.1) is 0 Å². The zero-order chi connectivity index (χ0) is 20.1. The average molecular weight is 390 g/mol. The Bertz CT molecular complexity index is 842. The minimum atomic E-state index is -0.564. The lowest BCUT2D eigenvalue weighted by Crippen LogP contribution is -2.49. The SMILES string of the molecule is COC(=O)c1[nH]c2cccc(OC)c2c1NC(=O)CN1CCN(CCO)CC1. The van der Waals surface area contributed by atoms with Crippen LogP contribution in [0.4, 0.5) is 5.69 Å². The fourth-order valence-corrected chi connectivity index (χ4v) is 3.46. The van der Waals surface area contributed by atoms with E-state index in [1.807, 2.05) is 4.90 Å². The van der Waals surface area contributed by atoms with E-state index in [-0.39, 0.29) is 24.8 Å². The van der Waals surface area contributed by atoms with Crippen LogP contribution in [0.15, 0.2) is 18.2 Å². The first-order valence-electron chi connectivity index (χ1n) is 9.19. The van der Waals surface area contributed by atoms with Gasteiger partial charge in [0, 0.05) is 32.7 Å². The summed E-state index contributed by atoms with van der Waals surface area (Å²) in [5.41, 5.74) is 1.22. The Kier molecular flexibility index (Phi) is 6.50. The van der Waals surface area contributed by atoms with Crippen LogP contribution in [0.5, 0.6) is 5.75 Å². The number of anilines is 1. The van der Waals surface area contributed by atoms with Gasteiger partial charge in [-0.05, 0) is 12.1 Å². The molecule has 0 bridgehead atoms. The third kappa shape index (κ3) is 4.27. The molecule has 9 nitrogen and oxygen atoms in total. The molecule has 1 aliphatic heterocycles. The van der Waals surface area contributed by atoms with Crippen molar-refractivity contribution in [1.29, 1.82) is 0 Å². The molecule has 2 heterocycles. The van der Waals surface area contributed by atoms with Crippen molar-refractivity contribution in [3.63, 3.8) is 0 Å². The molecule has 28 heavy (non-hydrogen) atoms. The first kappa shape index (κ1) is 20.1. The highest BCUT2D eigenvalue weighted by Crippen LogP contribution is 2.35. The Morgan fingerprint density at radius 2 is 1.89 bits per heavy atom. The number of hydrogen-bond donors (Lipinski definition) is 3. The number of aliphatic hydroxyl groups excluding tert-OH is 1. The predicted octanol–water partition coefficient (Wildman–Crippen LogP) is 0.512. The van der Waals surface area contributed by atoms with Gasteiger partial charge in [0.05, 0.1) is 44.0 Å². The molecule has 0 saturated carbocycles. The number of rotatable bonds is 7. The molecule has 0 spiro atoms. The molecule has 0 radical (unpaired) electrons. The quantitative estimate of drug-likeness (QED) is 0.592. The first-order chi connectivity index (χ1) is 13.6. The molecule has 3 N–H and O–H groups in total. The van der Waals surface area contributed by atoms with Crippen LogP contribution in [-0.4, -0.2) is 91.9 Å². The highest BCUT2D eigenvalue weighted by atomic mass is 16.5. The minimum Gasteiger partial charge on any atom is -0.496 e. The number of esters is 1. The smallest absolute Gasteiger partial charge is 0.356 e. The van der Waals surface area contributed by atoms with Crippen LogP contribution in [0.25, 0.3) is 10.9 Å². The standard InChI is InChI=1S/C19H26N4O5/c1-27-14-5-3-4-13-16(14)17(18(20-13)19(26)28-2)21-15(25)12-23-8-6-22(7-9-23)10-11-24/h3-5,20,24H,6-12H2,1-2H3,(H,21,25). The third-order valence-electron chi connectivity index (χ3n) is 4.91. The molecule has 1 fully saturated rings. The molecule has 1 saturated heterocycles. The number of aliphatic hydroxyl groups is 1. The molecule has 152 valence electrons. The lowest BCUT2D eigenvalue weighted by molar-refractivity contribution is -0.117. The topological polar surface area (TPSA) is 107 Å². The van der Waals surface area contributed by atoms with E-state index in [4.69, 9.17) is 14.6 Å². The number of H-pyrrole nitrogens is 1. The van der Waals surface area contributed by atoms with Gasteiger partial charge < -0.3 is 24.9 Å². The molecule has 0 unspecified atom stereocenters. The maximum atomic E-state index is 12.7. The van der Waals surface area contributed by atoms with Gasteiger partial charge in [0.2, 0.25) is 5.91 Å². The number of amides is 1. The van der Waals surface area contributed by atoms with Crippen molar-refractivity contribution in [2.45, 2.75) is 0 Å². The lowest BCUT2D eigenvalue weighted by atomic mass is 10.2. The fourth-order valence-electron chi connectivity index (χ4n) is 3.46. The van der Waals surface area contributed by atoms with Gasteiger partial charge in [-0.2, -0.15) is 0 Å². The molecule has 0 atom stereocenters. The van der Waals surface area contributed by atoms with E-state index in [9.17, 15) is 9.59 Å². The summed E-state index contributed by atoms with van der Waals surface area (Å²) < 4.78 is 10.2. The molecule has 1 aliphatic rings. The lowest BCUT2D eigenvalue weighted by Gasteiger charge is -2.33. The van der Waals surface area contributed by atoms with E-state index in [0.717, 1.165) is 26.2 Å². The molecule has 2 aromatic rings. The summed E-state index contributed by atoms with van der Waals surface area (Å²) >= 11 is 0. The Morgan fingerprint density at radius 1 is 1.18 bits per heavy atom. The molecule has 9 heteroatoms. The number of aromatic amines is 1. The van der Waals surface area contributed by atoms with Crippen molar-refractivity contribution in [1.82, 2.24) is 14.8 Å². The largest absolute Gasteiger partial charge is 0.496 e. The van der Waals surface area contributed by atoms with Gasteiger partial charge in [-0.1, -0.05) is 6.07 Å². The summed E-state index contributed by atoms with van der Waals surface area (Å²) in [7, 11) is 2.83. The number of hydrogen-bond acceptors (Lipinski definition) is 7. The van der Waals surface area contributed by atoms with E-state index in [0.29, 0.717) is 28.9 Å². The van der Waals surface area contributed by atoms with E-state index < -0.39 is 5.97 Å². The summed E-state index contributed by atoms with van der Waals surface area (Å²) in [5, 5.41) is 12.5. The van der Waals surface area contributed by atoms with Gasteiger partial charge in [-0.25, -0.2) is 4.79 Å². The number of ether oxygens (including phenoxy) is 2. The zero-order valence-electron chi connectivity index (χ0n) is 16.2. The summed E-state index contributed by atoms with van der Waals surface area (Å²) in [5.74, 6) is -0.226. The maximum absolute atomic E-state index is 12.7. The van der Waals surface area contributed by atoms with Crippen molar-refractivity contribution in [2.75, 3.05) is 65.4 Å². The van der Waals surface area contributed by atoms with Gasteiger partial charge in [0.25, 0.3) is 0 Å². The Hall–Kier alpha value is -2.62. The van der Waals surface area contributed by atoms with E-state index in [2.05, 4.69) is 15.2 Å². The number of nitrogens with one attached hydrogen (secondary N) is 2. The molecule has 1 aromatic heterocycles. The number of piperazine rings is 1. The summed E-state index contributed by atoms with van der Waals surface area (Å²) in [6.07, 6.45) is 0. The van der Waals surface area contributed by atoms with E-state index in [1.165, 1.54) is 14.2 Å². The second-order valence-electron chi connectivity index (χ2n) is 6.64. The number of fused-ring (bicyclic) bond motifs is 1. The first-order valence-corrected chi connectivity index (χ1v) is 9.19. The number of methoxy groups -OCH3 is 2. The van der Waals surface area contributed by atoms with Crippen molar-refractivity contribution in [3.05, 3.63) is 23.9 Å². The Balaban J connectivity index is 1.77. The van der Waals surface area contributed by atoms with Crippen LogP contribution < -0.4 is 10.1 Å². The second kappa shape index (κ2) is 9.05. The maximum Gasteiger partial charge on any atom is 0.356 e. The van der Waals surface area contributed by atoms with Crippen LogP contribution in [0.2, 0.25) is 0 Å².